The van der Waals surface area contributed by atoms with E-state index >= 15 is 0 Å². The number of benzene rings is 1. The van der Waals surface area contributed by atoms with Crippen LogP contribution in [0.4, 0.5) is 0 Å². The van der Waals surface area contributed by atoms with Gasteiger partial charge in [-0.05, 0) is 48.9 Å². The molecular weight excluding hydrogens is 294 g/mol. The van der Waals surface area contributed by atoms with Crippen LogP contribution in [0.5, 0.6) is 5.75 Å². The highest BCUT2D eigenvalue weighted by Gasteiger charge is 2.22. The highest BCUT2D eigenvalue weighted by molar-refractivity contribution is 9.10. The zero-order chi connectivity index (χ0) is 13.0. The van der Waals surface area contributed by atoms with Gasteiger partial charge in [-0.1, -0.05) is 15.9 Å². The van der Waals surface area contributed by atoms with Crippen molar-refractivity contribution in [3.63, 3.8) is 0 Å². The van der Waals surface area contributed by atoms with Gasteiger partial charge in [-0.15, -0.1) is 0 Å². The highest BCUT2D eigenvalue weighted by atomic mass is 79.9. The lowest BCUT2D eigenvalue weighted by Gasteiger charge is -2.28. The number of ether oxygens (including phenoxy) is 2. The standard InChI is InChI=1S/C14H20BrNO2/c1-17-14-5-4-12(15)7-11(14)8-13(16)10-3-2-6-18-9-10/h4-5,7,10,13H,2-3,6,8-9,16H2,1H3. The quantitative estimate of drug-likeness (QED) is 0.929. The number of hydrogen-bond donors (Lipinski definition) is 1. The predicted molar refractivity (Wildman–Crippen MR) is 75.9 cm³/mol. The van der Waals surface area contributed by atoms with Gasteiger partial charge in [0.15, 0.2) is 0 Å². The molecule has 0 radical (unpaired) electrons. The van der Waals surface area contributed by atoms with Crippen LogP contribution < -0.4 is 10.5 Å². The minimum atomic E-state index is 0.133. The summed E-state index contributed by atoms with van der Waals surface area (Å²) in [4.78, 5) is 0. The lowest BCUT2D eigenvalue weighted by atomic mass is 9.90. The Morgan fingerprint density at radius 2 is 2.39 bits per heavy atom. The zero-order valence-electron chi connectivity index (χ0n) is 10.7. The van der Waals surface area contributed by atoms with Crippen LogP contribution in [-0.4, -0.2) is 26.4 Å². The molecule has 0 aromatic heterocycles. The van der Waals surface area contributed by atoms with Crippen molar-refractivity contribution in [1.82, 2.24) is 0 Å². The molecule has 0 amide bonds. The van der Waals surface area contributed by atoms with E-state index in [2.05, 4.69) is 22.0 Å². The smallest absolute Gasteiger partial charge is 0.122 e. The number of methoxy groups -OCH3 is 1. The Morgan fingerprint density at radius 1 is 1.56 bits per heavy atom. The Bertz CT molecular complexity index is 391. The van der Waals surface area contributed by atoms with Crippen molar-refractivity contribution in [3.05, 3.63) is 28.2 Å². The first-order chi connectivity index (χ1) is 8.70. The average Bonchev–Trinajstić information content (AvgIpc) is 2.40. The fraction of sp³-hybridized carbons (Fsp3) is 0.571. The second-order valence-corrected chi connectivity index (χ2v) is 5.72. The van der Waals surface area contributed by atoms with Crippen molar-refractivity contribution in [1.29, 1.82) is 0 Å². The average molecular weight is 314 g/mol. The van der Waals surface area contributed by atoms with E-state index in [0.29, 0.717) is 5.92 Å². The minimum absolute atomic E-state index is 0.133. The second kappa shape index (κ2) is 6.55. The van der Waals surface area contributed by atoms with Gasteiger partial charge in [0.1, 0.15) is 5.75 Å². The molecule has 2 rings (SSSR count). The lowest BCUT2D eigenvalue weighted by Crippen LogP contribution is -2.37. The van der Waals surface area contributed by atoms with Gasteiger partial charge in [0.25, 0.3) is 0 Å². The molecule has 1 aromatic rings. The summed E-state index contributed by atoms with van der Waals surface area (Å²) < 4.78 is 11.9. The summed E-state index contributed by atoms with van der Waals surface area (Å²) in [6, 6.07) is 6.18. The number of halogens is 1. The second-order valence-electron chi connectivity index (χ2n) is 4.80. The first-order valence-corrected chi connectivity index (χ1v) is 7.15. The Kier molecular flexibility index (Phi) is 5.03. The Labute approximate surface area is 117 Å². The number of hydrogen-bond acceptors (Lipinski definition) is 3. The Hall–Kier alpha value is -0.580. The molecule has 2 atom stereocenters. The van der Waals surface area contributed by atoms with Gasteiger partial charge >= 0.3 is 0 Å². The molecule has 100 valence electrons. The van der Waals surface area contributed by atoms with E-state index in [0.717, 1.165) is 48.3 Å². The molecule has 3 nitrogen and oxygen atoms in total. The third kappa shape index (κ3) is 3.46. The molecule has 0 aliphatic carbocycles. The van der Waals surface area contributed by atoms with Crippen molar-refractivity contribution in [2.45, 2.75) is 25.3 Å². The highest BCUT2D eigenvalue weighted by Crippen LogP contribution is 2.26. The van der Waals surface area contributed by atoms with E-state index in [-0.39, 0.29) is 6.04 Å². The van der Waals surface area contributed by atoms with E-state index in [9.17, 15) is 0 Å². The van der Waals surface area contributed by atoms with Crippen molar-refractivity contribution in [2.75, 3.05) is 20.3 Å². The molecule has 1 aliphatic heterocycles. The number of nitrogens with two attached hydrogens (primary N) is 1. The van der Waals surface area contributed by atoms with E-state index in [4.69, 9.17) is 15.2 Å². The van der Waals surface area contributed by atoms with Crippen LogP contribution in [-0.2, 0) is 11.2 Å². The predicted octanol–water partition coefficient (Wildman–Crippen LogP) is 2.75. The Balaban J connectivity index is 2.05. The summed E-state index contributed by atoms with van der Waals surface area (Å²) in [5, 5.41) is 0. The van der Waals surface area contributed by atoms with Gasteiger partial charge in [0.2, 0.25) is 0 Å². The topological polar surface area (TPSA) is 44.5 Å². The molecule has 1 heterocycles. The minimum Gasteiger partial charge on any atom is -0.496 e. The maximum atomic E-state index is 6.30. The maximum absolute atomic E-state index is 6.30. The van der Waals surface area contributed by atoms with E-state index in [1.807, 2.05) is 12.1 Å². The van der Waals surface area contributed by atoms with Crippen LogP contribution in [0.3, 0.4) is 0 Å². The fourth-order valence-electron chi connectivity index (χ4n) is 2.43. The van der Waals surface area contributed by atoms with Gasteiger partial charge in [0, 0.05) is 17.1 Å². The van der Waals surface area contributed by atoms with Gasteiger partial charge in [-0.3, -0.25) is 0 Å². The number of rotatable bonds is 4. The molecule has 2 N–H and O–H groups in total. The largest absolute Gasteiger partial charge is 0.496 e. The molecule has 0 spiro atoms. The van der Waals surface area contributed by atoms with Crippen LogP contribution in [0.2, 0.25) is 0 Å². The van der Waals surface area contributed by atoms with Crippen LogP contribution in [0.1, 0.15) is 18.4 Å². The first kappa shape index (κ1) is 13.8. The molecular formula is C14H20BrNO2. The van der Waals surface area contributed by atoms with Crippen molar-refractivity contribution in [3.8, 4) is 5.75 Å². The van der Waals surface area contributed by atoms with Crippen LogP contribution >= 0.6 is 15.9 Å². The molecule has 4 heteroatoms. The molecule has 1 fully saturated rings. The molecule has 1 saturated heterocycles. The molecule has 2 unspecified atom stereocenters. The summed E-state index contributed by atoms with van der Waals surface area (Å²) in [7, 11) is 1.70. The third-order valence-electron chi connectivity index (χ3n) is 3.50. The maximum Gasteiger partial charge on any atom is 0.122 e. The monoisotopic (exact) mass is 313 g/mol. The normalized spacial score (nSPS) is 21.6. The lowest BCUT2D eigenvalue weighted by molar-refractivity contribution is 0.0449. The van der Waals surface area contributed by atoms with Gasteiger partial charge in [-0.2, -0.15) is 0 Å². The molecule has 0 saturated carbocycles. The van der Waals surface area contributed by atoms with E-state index in [1.165, 1.54) is 0 Å². The van der Waals surface area contributed by atoms with Gasteiger partial charge in [-0.25, -0.2) is 0 Å². The summed E-state index contributed by atoms with van der Waals surface area (Å²) in [6.45, 7) is 1.67. The summed E-state index contributed by atoms with van der Waals surface area (Å²) in [5.74, 6) is 1.37. The summed E-state index contributed by atoms with van der Waals surface area (Å²) in [5.41, 5.74) is 7.46. The summed E-state index contributed by atoms with van der Waals surface area (Å²) >= 11 is 3.49. The van der Waals surface area contributed by atoms with Crippen molar-refractivity contribution < 1.29 is 9.47 Å². The molecule has 1 aliphatic rings. The molecule has 1 aromatic carbocycles. The SMILES string of the molecule is COc1ccc(Br)cc1CC(N)C1CCCOC1. The van der Waals surface area contributed by atoms with Crippen LogP contribution in [0.15, 0.2) is 22.7 Å². The Morgan fingerprint density at radius 3 is 3.06 bits per heavy atom. The first-order valence-electron chi connectivity index (χ1n) is 6.36. The molecule has 18 heavy (non-hydrogen) atoms. The van der Waals surface area contributed by atoms with Gasteiger partial charge < -0.3 is 15.2 Å². The zero-order valence-corrected chi connectivity index (χ0v) is 12.3. The van der Waals surface area contributed by atoms with Crippen LogP contribution in [0.25, 0.3) is 0 Å². The fourth-order valence-corrected chi connectivity index (χ4v) is 2.84. The van der Waals surface area contributed by atoms with E-state index < -0.39 is 0 Å². The molecule has 0 bridgehead atoms. The third-order valence-corrected chi connectivity index (χ3v) is 3.99. The van der Waals surface area contributed by atoms with Gasteiger partial charge in [0.05, 0.1) is 13.7 Å². The van der Waals surface area contributed by atoms with Crippen molar-refractivity contribution >= 4 is 15.9 Å². The van der Waals surface area contributed by atoms with Crippen molar-refractivity contribution in [2.24, 2.45) is 11.7 Å². The summed E-state index contributed by atoms with van der Waals surface area (Å²) in [6.07, 6.45) is 3.11. The van der Waals surface area contributed by atoms with Crippen LogP contribution in [0, 0.1) is 5.92 Å². The van der Waals surface area contributed by atoms with E-state index in [1.54, 1.807) is 7.11 Å².